The van der Waals surface area contributed by atoms with Gasteiger partial charge in [-0.25, -0.2) is 4.79 Å². The lowest BCUT2D eigenvalue weighted by atomic mass is 10.0. The van der Waals surface area contributed by atoms with Crippen molar-refractivity contribution in [3.63, 3.8) is 0 Å². The first-order chi connectivity index (χ1) is 13.8. The molecule has 0 bridgehead atoms. The van der Waals surface area contributed by atoms with E-state index in [0.717, 1.165) is 11.1 Å². The van der Waals surface area contributed by atoms with Crippen molar-refractivity contribution in [3.8, 4) is 28.0 Å². The molecule has 28 heavy (non-hydrogen) atoms. The molecule has 0 aliphatic rings. The number of amides is 1. The summed E-state index contributed by atoms with van der Waals surface area (Å²) in [7, 11) is 0. The van der Waals surface area contributed by atoms with E-state index < -0.39 is 6.09 Å². The fourth-order valence-electron chi connectivity index (χ4n) is 3.00. The molecular formula is C25H19NO2. The van der Waals surface area contributed by atoms with Crippen molar-refractivity contribution in [2.45, 2.75) is 0 Å². The number of benzene rings is 4. The third-order valence-corrected chi connectivity index (χ3v) is 4.39. The van der Waals surface area contributed by atoms with E-state index in [4.69, 9.17) is 4.74 Å². The van der Waals surface area contributed by atoms with Gasteiger partial charge in [-0.2, -0.15) is 0 Å². The number of anilines is 1. The predicted molar refractivity (Wildman–Crippen MR) is 113 cm³/mol. The predicted octanol–water partition coefficient (Wildman–Crippen LogP) is 6.63. The Morgan fingerprint density at radius 2 is 1.11 bits per heavy atom. The van der Waals surface area contributed by atoms with Crippen molar-refractivity contribution < 1.29 is 9.53 Å². The lowest BCUT2D eigenvalue weighted by molar-refractivity contribution is 0.215. The monoisotopic (exact) mass is 365 g/mol. The maximum absolute atomic E-state index is 12.1. The number of hydrogen-bond acceptors (Lipinski definition) is 2. The van der Waals surface area contributed by atoms with E-state index in [1.54, 1.807) is 6.07 Å². The van der Waals surface area contributed by atoms with Crippen molar-refractivity contribution in [3.05, 3.63) is 109 Å². The number of nitrogens with one attached hydrogen (secondary N) is 1. The van der Waals surface area contributed by atoms with Crippen LogP contribution in [0.1, 0.15) is 0 Å². The SMILES string of the molecule is O=C(Nc1ccccc1)Oc1cccc(-c2ccc(-c3ccccc3)cc2)c1. The van der Waals surface area contributed by atoms with Crippen LogP contribution < -0.4 is 10.1 Å². The van der Waals surface area contributed by atoms with Gasteiger partial charge in [0.1, 0.15) is 5.75 Å². The van der Waals surface area contributed by atoms with Crippen molar-refractivity contribution in [2.75, 3.05) is 5.32 Å². The van der Waals surface area contributed by atoms with Gasteiger partial charge in [0.05, 0.1) is 0 Å². The quantitative estimate of drug-likeness (QED) is 0.441. The van der Waals surface area contributed by atoms with Crippen LogP contribution in [0.4, 0.5) is 10.5 Å². The molecule has 1 N–H and O–H groups in total. The van der Waals surface area contributed by atoms with Crippen molar-refractivity contribution in [1.29, 1.82) is 0 Å². The minimum Gasteiger partial charge on any atom is -0.410 e. The molecule has 0 atom stereocenters. The number of rotatable bonds is 4. The fourth-order valence-corrected chi connectivity index (χ4v) is 3.00. The maximum Gasteiger partial charge on any atom is 0.417 e. The van der Waals surface area contributed by atoms with Crippen LogP contribution in [0.15, 0.2) is 109 Å². The van der Waals surface area contributed by atoms with Crippen LogP contribution in [0.25, 0.3) is 22.3 Å². The van der Waals surface area contributed by atoms with Crippen LogP contribution in [-0.4, -0.2) is 6.09 Å². The zero-order valence-electron chi connectivity index (χ0n) is 15.2. The highest BCUT2D eigenvalue weighted by Crippen LogP contribution is 2.27. The van der Waals surface area contributed by atoms with E-state index in [2.05, 4.69) is 41.7 Å². The number of hydrogen-bond donors (Lipinski definition) is 1. The van der Waals surface area contributed by atoms with Gasteiger partial charge in [-0.15, -0.1) is 0 Å². The van der Waals surface area contributed by atoms with Crippen LogP contribution in [0.3, 0.4) is 0 Å². The summed E-state index contributed by atoms with van der Waals surface area (Å²) < 4.78 is 5.42. The summed E-state index contributed by atoms with van der Waals surface area (Å²) in [4.78, 5) is 12.1. The van der Waals surface area contributed by atoms with Gasteiger partial charge in [-0.3, -0.25) is 5.32 Å². The Morgan fingerprint density at radius 1 is 0.571 bits per heavy atom. The van der Waals surface area contributed by atoms with Gasteiger partial charge >= 0.3 is 6.09 Å². The van der Waals surface area contributed by atoms with Gasteiger partial charge < -0.3 is 4.74 Å². The van der Waals surface area contributed by atoms with Gasteiger partial charge in [-0.05, 0) is 46.5 Å². The molecule has 0 aliphatic carbocycles. The Balaban J connectivity index is 1.48. The Hall–Kier alpha value is -3.85. The molecule has 3 heteroatoms. The third-order valence-electron chi connectivity index (χ3n) is 4.39. The summed E-state index contributed by atoms with van der Waals surface area (Å²) >= 11 is 0. The molecule has 3 nitrogen and oxygen atoms in total. The number of ether oxygens (including phenoxy) is 1. The Morgan fingerprint density at radius 3 is 1.79 bits per heavy atom. The van der Waals surface area contributed by atoms with E-state index >= 15 is 0 Å². The molecule has 4 aromatic rings. The molecule has 0 aromatic heterocycles. The van der Waals surface area contributed by atoms with Gasteiger partial charge in [0.15, 0.2) is 0 Å². The van der Waals surface area contributed by atoms with E-state index in [-0.39, 0.29) is 0 Å². The van der Waals surface area contributed by atoms with Gasteiger partial charge in [-0.1, -0.05) is 84.9 Å². The lowest BCUT2D eigenvalue weighted by Crippen LogP contribution is -2.16. The number of para-hydroxylation sites is 1. The number of carbonyl (C=O) groups is 1. The summed E-state index contributed by atoms with van der Waals surface area (Å²) in [5, 5.41) is 2.71. The molecule has 0 saturated heterocycles. The van der Waals surface area contributed by atoms with Gasteiger partial charge in [0.2, 0.25) is 0 Å². The van der Waals surface area contributed by atoms with Crippen molar-refractivity contribution in [2.24, 2.45) is 0 Å². The molecule has 0 unspecified atom stereocenters. The second-order valence-electron chi connectivity index (χ2n) is 6.35. The Kier molecular flexibility index (Phi) is 5.16. The lowest BCUT2D eigenvalue weighted by Gasteiger charge is -2.09. The summed E-state index contributed by atoms with van der Waals surface area (Å²) in [6.45, 7) is 0. The minimum absolute atomic E-state index is 0.498. The molecule has 0 spiro atoms. The highest BCUT2D eigenvalue weighted by atomic mass is 16.6. The summed E-state index contributed by atoms with van der Waals surface area (Å²) in [5.74, 6) is 0.498. The highest BCUT2D eigenvalue weighted by molar-refractivity contribution is 5.86. The van der Waals surface area contributed by atoms with E-state index in [1.165, 1.54) is 11.1 Å². The average Bonchev–Trinajstić information content (AvgIpc) is 2.75. The molecule has 0 saturated carbocycles. The highest BCUT2D eigenvalue weighted by Gasteiger charge is 2.07. The Labute approximate surface area is 164 Å². The third kappa shape index (κ3) is 4.27. The van der Waals surface area contributed by atoms with E-state index in [0.29, 0.717) is 11.4 Å². The molecule has 1 amide bonds. The maximum atomic E-state index is 12.1. The summed E-state index contributed by atoms with van der Waals surface area (Å²) in [6.07, 6.45) is -0.511. The first-order valence-corrected chi connectivity index (χ1v) is 9.08. The smallest absolute Gasteiger partial charge is 0.410 e. The van der Waals surface area contributed by atoms with E-state index in [9.17, 15) is 4.79 Å². The molecule has 0 aliphatic heterocycles. The molecule has 0 fully saturated rings. The van der Waals surface area contributed by atoms with Crippen LogP contribution in [0, 0.1) is 0 Å². The zero-order valence-corrected chi connectivity index (χ0v) is 15.2. The van der Waals surface area contributed by atoms with Crippen LogP contribution in [0.5, 0.6) is 5.75 Å². The molecule has 0 heterocycles. The first-order valence-electron chi connectivity index (χ1n) is 9.08. The minimum atomic E-state index is -0.511. The largest absolute Gasteiger partial charge is 0.417 e. The summed E-state index contributed by atoms with van der Waals surface area (Å²) in [5.41, 5.74) is 5.10. The van der Waals surface area contributed by atoms with Crippen LogP contribution in [-0.2, 0) is 0 Å². The average molecular weight is 365 g/mol. The molecule has 4 aromatic carbocycles. The topological polar surface area (TPSA) is 38.3 Å². The van der Waals surface area contributed by atoms with Crippen molar-refractivity contribution in [1.82, 2.24) is 0 Å². The van der Waals surface area contributed by atoms with Gasteiger partial charge in [0.25, 0.3) is 0 Å². The first kappa shape index (κ1) is 17.6. The fraction of sp³-hybridized carbons (Fsp3) is 0. The van der Waals surface area contributed by atoms with E-state index in [1.807, 2.05) is 66.7 Å². The Bertz CT molecular complexity index is 1060. The molecule has 136 valence electrons. The van der Waals surface area contributed by atoms with Crippen molar-refractivity contribution >= 4 is 11.8 Å². The second-order valence-corrected chi connectivity index (χ2v) is 6.35. The van der Waals surface area contributed by atoms with Crippen LogP contribution in [0.2, 0.25) is 0 Å². The van der Waals surface area contributed by atoms with Crippen LogP contribution >= 0.6 is 0 Å². The van der Waals surface area contributed by atoms with Gasteiger partial charge in [0, 0.05) is 5.69 Å². The molecule has 4 rings (SSSR count). The molecule has 0 radical (unpaired) electrons. The summed E-state index contributed by atoms with van der Waals surface area (Å²) in [6, 6.07) is 35.3. The second kappa shape index (κ2) is 8.23. The molecular weight excluding hydrogens is 346 g/mol. The standard InChI is InChI=1S/C25H19NO2/c27-25(26-23-11-5-2-6-12-23)28-24-13-7-10-22(18-24)21-16-14-20(15-17-21)19-8-3-1-4-9-19/h1-18H,(H,26,27). The zero-order chi connectivity index (χ0) is 19.2. The normalized spacial score (nSPS) is 10.3. The number of carbonyl (C=O) groups excluding carboxylic acids is 1.